The van der Waals surface area contributed by atoms with Crippen LogP contribution in [0.2, 0.25) is 0 Å². The quantitative estimate of drug-likeness (QED) is 0.641. The summed E-state index contributed by atoms with van der Waals surface area (Å²) < 4.78 is 37.4. The van der Waals surface area contributed by atoms with E-state index < -0.39 is 21.2 Å². The van der Waals surface area contributed by atoms with Gasteiger partial charge in [-0.25, -0.2) is 8.42 Å². The van der Waals surface area contributed by atoms with Crippen LogP contribution in [0.3, 0.4) is 0 Å². The minimum absolute atomic E-state index is 0.0108. The molecule has 2 fully saturated rings. The Morgan fingerprint density at radius 1 is 1.07 bits per heavy atom. The number of sulfonamides is 1. The van der Waals surface area contributed by atoms with Crippen LogP contribution < -0.4 is 4.74 Å². The van der Waals surface area contributed by atoms with E-state index in [2.05, 4.69) is 4.74 Å². The van der Waals surface area contributed by atoms with E-state index >= 15 is 0 Å². The van der Waals surface area contributed by atoms with Crippen LogP contribution in [0.25, 0.3) is 0 Å². The summed E-state index contributed by atoms with van der Waals surface area (Å²) in [5, 5.41) is -0.459. The molecule has 0 unspecified atom stereocenters. The predicted molar refractivity (Wildman–Crippen MR) is 107 cm³/mol. The van der Waals surface area contributed by atoms with Crippen molar-refractivity contribution in [1.82, 2.24) is 9.21 Å². The second-order valence-electron chi connectivity index (χ2n) is 7.52. The van der Waals surface area contributed by atoms with Crippen LogP contribution in [-0.4, -0.2) is 68.6 Å². The number of carbonyl (C=O) groups is 2. The lowest BCUT2D eigenvalue weighted by atomic mass is 10.0. The number of methoxy groups -OCH3 is 2. The molecule has 29 heavy (non-hydrogen) atoms. The fourth-order valence-corrected chi connectivity index (χ4v) is 6.33. The molecule has 0 saturated carbocycles. The van der Waals surface area contributed by atoms with Crippen molar-refractivity contribution in [2.75, 3.05) is 33.9 Å². The van der Waals surface area contributed by atoms with Crippen LogP contribution in [0.1, 0.15) is 31.2 Å². The largest absolute Gasteiger partial charge is 0.497 e. The first-order valence-corrected chi connectivity index (χ1v) is 11.3. The average molecular weight is 425 g/mol. The van der Waals surface area contributed by atoms with Crippen LogP contribution in [0.15, 0.2) is 24.3 Å². The van der Waals surface area contributed by atoms with Crippen molar-refractivity contribution in [2.24, 2.45) is 5.92 Å². The molecule has 0 spiro atoms. The van der Waals surface area contributed by atoms with Crippen LogP contribution >= 0.6 is 0 Å². The number of ether oxygens (including phenoxy) is 2. The number of carbonyl (C=O) groups excluding carboxylic acids is 2. The van der Waals surface area contributed by atoms with Crippen molar-refractivity contribution < 1.29 is 27.5 Å². The molecule has 2 heterocycles. The number of amides is 1. The Kier molecular flexibility index (Phi) is 6.79. The highest BCUT2D eigenvalue weighted by atomic mass is 32.2. The normalized spacial score (nSPS) is 23.9. The molecule has 3 rings (SSSR count). The van der Waals surface area contributed by atoms with E-state index in [1.54, 1.807) is 16.3 Å². The molecule has 1 amide bonds. The van der Waals surface area contributed by atoms with Gasteiger partial charge in [-0.2, -0.15) is 4.31 Å². The van der Waals surface area contributed by atoms with E-state index in [0.717, 1.165) is 11.3 Å². The van der Waals surface area contributed by atoms with E-state index in [4.69, 9.17) is 4.74 Å². The molecule has 8 nitrogen and oxygen atoms in total. The molecule has 0 aromatic heterocycles. The molecular weight excluding hydrogens is 396 g/mol. The predicted octanol–water partition coefficient (Wildman–Crippen LogP) is 1.40. The monoisotopic (exact) mass is 424 g/mol. The van der Waals surface area contributed by atoms with Crippen molar-refractivity contribution in [3.05, 3.63) is 29.8 Å². The van der Waals surface area contributed by atoms with Crippen LogP contribution in [-0.2, 0) is 30.9 Å². The highest BCUT2D eigenvalue weighted by molar-refractivity contribution is 7.90. The molecule has 0 N–H and O–H groups in total. The van der Waals surface area contributed by atoms with Crippen molar-refractivity contribution in [2.45, 2.75) is 37.5 Å². The molecule has 0 bridgehead atoms. The Balaban J connectivity index is 1.61. The van der Waals surface area contributed by atoms with Gasteiger partial charge in [0.15, 0.2) is 0 Å². The van der Waals surface area contributed by atoms with Crippen molar-refractivity contribution in [3.63, 3.8) is 0 Å². The van der Waals surface area contributed by atoms with E-state index in [1.165, 1.54) is 7.11 Å². The summed E-state index contributed by atoms with van der Waals surface area (Å²) in [6, 6.07) is 7.41. The number of nitrogens with zero attached hydrogens (tertiary/aromatic N) is 2. The molecule has 2 aliphatic rings. The minimum Gasteiger partial charge on any atom is -0.497 e. The molecule has 160 valence electrons. The van der Waals surface area contributed by atoms with E-state index in [-0.39, 0.29) is 24.7 Å². The zero-order valence-corrected chi connectivity index (χ0v) is 17.7. The fraction of sp³-hybridized carbons (Fsp3) is 0.600. The molecule has 0 aliphatic carbocycles. The number of hydrogen-bond donors (Lipinski definition) is 0. The maximum absolute atomic E-state index is 13.1. The lowest BCUT2D eigenvalue weighted by Crippen LogP contribution is -2.34. The number of hydrogen-bond acceptors (Lipinski definition) is 6. The highest BCUT2D eigenvalue weighted by Gasteiger charge is 2.47. The summed E-state index contributed by atoms with van der Waals surface area (Å²) in [6.07, 6.45) is 1.22. The van der Waals surface area contributed by atoms with Gasteiger partial charge in [-0.3, -0.25) is 9.59 Å². The van der Waals surface area contributed by atoms with E-state index in [0.29, 0.717) is 39.0 Å². The van der Waals surface area contributed by atoms with Gasteiger partial charge in [-0.05, 0) is 36.5 Å². The lowest BCUT2D eigenvalue weighted by Gasteiger charge is -2.22. The summed E-state index contributed by atoms with van der Waals surface area (Å²) in [6.45, 7) is 1.74. The molecule has 9 heteroatoms. The third kappa shape index (κ3) is 4.90. The van der Waals surface area contributed by atoms with Gasteiger partial charge < -0.3 is 14.4 Å². The molecule has 2 aliphatic heterocycles. The van der Waals surface area contributed by atoms with Gasteiger partial charge in [0.05, 0.1) is 25.9 Å². The van der Waals surface area contributed by atoms with Crippen LogP contribution in [0, 0.1) is 5.92 Å². The topological polar surface area (TPSA) is 93.2 Å². The Morgan fingerprint density at radius 3 is 2.41 bits per heavy atom. The summed E-state index contributed by atoms with van der Waals surface area (Å²) in [5.74, 6) is 0.210. The first-order chi connectivity index (χ1) is 13.8. The van der Waals surface area contributed by atoms with Gasteiger partial charge >= 0.3 is 5.97 Å². The van der Waals surface area contributed by atoms with Gasteiger partial charge in [0, 0.05) is 32.6 Å². The highest BCUT2D eigenvalue weighted by Crippen LogP contribution is 2.35. The molecular formula is C20H28N2O6S. The van der Waals surface area contributed by atoms with Gasteiger partial charge in [0.25, 0.3) is 0 Å². The summed E-state index contributed by atoms with van der Waals surface area (Å²) in [4.78, 5) is 25.3. The Morgan fingerprint density at radius 2 is 1.76 bits per heavy atom. The second-order valence-corrected chi connectivity index (χ2v) is 9.67. The Labute approximate surface area is 171 Å². The number of rotatable bonds is 6. The first kappa shape index (κ1) is 21.6. The van der Waals surface area contributed by atoms with Crippen molar-refractivity contribution >= 4 is 21.9 Å². The number of fused-ring (bicyclic) bond motifs is 1. The zero-order chi connectivity index (χ0) is 21.0. The second kappa shape index (κ2) is 9.13. The smallest absolute Gasteiger partial charge is 0.306 e. The number of benzene rings is 1. The minimum atomic E-state index is -3.41. The third-order valence-corrected chi connectivity index (χ3v) is 8.18. The molecule has 2 saturated heterocycles. The van der Waals surface area contributed by atoms with Crippen LogP contribution in [0.4, 0.5) is 0 Å². The zero-order valence-electron chi connectivity index (χ0n) is 16.9. The van der Waals surface area contributed by atoms with Crippen molar-refractivity contribution in [1.29, 1.82) is 0 Å². The fourth-order valence-electron chi connectivity index (χ4n) is 4.10. The first-order valence-electron chi connectivity index (χ1n) is 9.81. The SMILES string of the molecule is COC(=O)CCC(=O)N1CC[C@@H]2CN(Cc3ccc(OC)cc3)S(=O)(=O)[C@@H]2CC1. The molecule has 0 radical (unpaired) electrons. The maximum Gasteiger partial charge on any atom is 0.306 e. The maximum atomic E-state index is 13.1. The van der Waals surface area contributed by atoms with Gasteiger partial charge in [0.2, 0.25) is 15.9 Å². The molecule has 1 aromatic rings. The van der Waals surface area contributed by atoms with Crippen LogP contribution in [0.5, 0.6) is 5.75 Å². The lowest BCUT2D eigenvalue weighted by molar-refractivity contribution is -0.143. The Hall–Kier alpha value is -2.13. The van der Waals surface area contributed by atoms with Gasteiger partial charge in [0.1, 0.15) is 5.75 Å². The standard InChI is InChI=1S/C20H28N2O6S/c1-27-17-5-3-15(4-6-17)13-22-14-16-9-11-21(12-10-18(16)29(22,25)26)19(23)7-8-20(24)28-2/h3-6,16,18H,7-14H2,1-2H3/t16-,18-/m1/s1. The number of likely N-dealkylation sites (tertiary alicyclic amines) is 1. The van der Waals surface area contributed by atoms with E-state index in [1.807, 2.05) is 24.3 Å². The van der Waals surface area contributed by atoms with Crippen molar-refractivity contribution in [3.8, 4) is 5.75 Å². The third-order valence-electron chi connectivity index (χ3n) is 5.80. The van der Waals surface area contributed by atoms with Gasteiger partial charge in [-0.1, -0.05) is 12.1 Å². The summed E-state index contributed by atoms with van der Waals surface area (Å²) >= 11 is 0. The average Bonchev–Trinajstić information content (AvgIpc) is 2.86. The molecule has 1 aromatic carbocycles. The summed E-state index contributed by atoms with van der Waals surface area (Å²) in [7, 11) is -0.526. The molecule has 2 atom stereocenters. The number of esters is 1. The van der Waals surface area contributed by atoms with Gasteiger partial charge in [-0.15, -0.1) is 0 Å². The Bertz CT molecular complexity index is 839. The summed E-state index contributed by atoms with van der Waals surface area (Å²) in [5.41, 5.74) is 0.922. The van der Waals surface area contributed by atoms with E-state index in [9.17, 15) is 18.0 Å².